The van der Waals surface area contributed by atoms with E-state index in [9.17, 15) is 13.6 Å². The van der Waals surface area contributed by atoms with Crippen LogP contribution in [0.3, 0.4) is 0 Å². The SMILES string of the molecule is COC(=O)c1cnc2c(F)ccc(F)c2c1Br. The number of fused-ring (bicyclic) bond motifs is 1. The minimum Gasteiger partial charge on any atom is -0.465 e. The van der Waals surface area contributed by atoms with Crippen LogP contribution >= 0.6 is 15.9 Å². The number of halogens is 3. The van der Waals surface area contributed by atoms with Gasteiger partial charge >= 0.3 is 5.97 Å². The molecule has 0 bridgehead atoms. The molecule has 0 unspecified atom stereocenters. The molecule has 0 fully saturated rings. The summed E-state index contributed by atoms with van der Waals surface area (Å²) in [6.07, 6.45) is 1.14. The number of pyridine rings is 1. The molecule has 88 valence electrons. The molecule has 1 aromatic carbocycles. The molecule has 3 nitrogen and oxygen atoms in total. The summed E-state index contributed by atoms with van der Waals surface area (Å²) in [5.41, 5.74) is -0.0889. The predicted molar refractivity (Wildman–Crippen MR) is 60.7 cm³/mol. The molecule has 0 aliphatic carbocycles. The fourth-order valence-corrected chi connectivity index (χ4v) is 2.09. The van der Waals surface area contributed by atoms with Crippen LogP contribution < -0.4 is 0 Å². The summed E-state index contributed by atoms with van der Waals surface area (Å²) in [7, 11) is 1.20. The highest BCUT2D eigenvalue weighted by Gasteiger charge is 2.18. The van der Waals surface area contributed by atoms with E-state index in [1.54, 1.807) is 0 Å². The molecule has 1 aromatic heterocycles. The molecule has 0 N–H and O–H groups in total. The Bertz CT molecular complexity index is 616. The van der Waals surface area contributed by atoms with E-state index >= 15 is 0 Å². The van der Waals surface area contributed by atoms with Crippen molar-refractivity contribution >= 4 is 32.8 Å². The van der Waals surface area contributed by atoms with Crippen molar-refractivity contribution in [2.24, 2.45) is 0 Å². The van der Waals surface area contributed by atoms with E-state index in [0.29, 0.717) is 0 Å². The van der Waals surface area contributed by atoms with Gasteiger partial charge in [-0.1, -0.05) is 0 Å². The Morgan fingerprint density at radius 3 is 2.65 bits per heavy atom. The highest BCUT2D eigenvalue weighted by molar-refractivity contribution is 9.10. The Labute approximate surface area is 104 Å². The van der Waals surface area contributed by atoms with Crippen LogP contribution in [0, 0.1) is 11.6 Å². The number of carbonyl (C=O) groups is 1. The van der Waals surface area contributed by atoms with E-state index in [1.165, 1.54) is 7.11 Å². The van der Waals surface area contributed by atoms with Crippen molar-refractivity contribution in [3.05, 3.63) is 40.0 Å². The van der Waals surface area contributed by atoms with Gasteiger partial charge in [0.2, 0.25) is 0 Å². The molecular weight excluding hydrogens is 296 g/mol. The molecular formula is C11H6BrF2NO2. The van der Waals surface area contributed by atoms with Crippen molar-refractivity contribution in [3.63, 3.8) is 0 Å². The predicted octanol–water partition coefficient (Wildman–Crippen LogP) is 3.06. The summed E-state index contributed by atoms with van der Waals surface area (Å²) in [6.45, 7) is 0. The monoisotopic (exact) mass is 301 g/mol. The van der Waals surface area contributed by atoms with E-state index in [4.69, 9.17) is 0 Å². The average molecular weight is 302 g/mol. The van der Waals surface area contributed by atoms with Gasteiger partial charge in [0.05, 0.1) is 18.1 Å². The Morgan fingerprint density at radius 1 is 1.35 bits per heavy atom. The van der Waals surface area contributed by atoms with E-state index in [-0.39, 0.29) is 20.9 Å². The van der Waals surface area contributed by atoms with Crippen molar-refractivity contribution in [1.82, 2.24) is 4.98 Å². The van der Waals surface area contributed by atoms with Crippen LogP contribution in [0.5, 0.6) is 0 Å². The number of ether oxygens (including phenoxy) is 1. The summed E-state index contributed by atoms with van der Waals surface area (Å²) in [5, 5.41) is -0.0760. The molecule has 0 saturated carbocycles. The van der Waals surface area contributed by atoms with E-state index < -0.39 is 17.6 Å². The minimum absolute atomic E-state index is 0.0458. The molecule has 0 spiro atoms. The van der Waals surface area contributed by atoms with Crippen LogP contribution in [0.2, 0.25) is 0 Å². The summed E-state index contributed by atoms with van der Waals surface area (Å²) in [5.74, 6) is -1.99. The van der Waals surface area contributed by atoms with Gasteiger partial charge in [0, 0.05) is 10.7 Å². The summed E-state index contributed by atoms with van der Waals surface area (Å²) >= 11 is 3.06. The lowest BCUT2D eigenvalue weighted by molar-refractivity contribution is 0.0599. The van der Waals surface area contributed by atoms with Gasteiger partial charge in [-0.3, -0.25) is 4.98 Å². The Kier molecular flexibility index (Phi) is 3.06. The van der Waals surface area contributed by atoms with Gasteiger partial charge in [0.15, 0.2) is 0 Å². The third-order valence-corrected chi connectivity index (χ3v) is 3.09. The van der Waals surface area contributed by atoms with Crippen molar-refractivity contribution < 1.29 is 18.3 Å². The van der Waals surface area contributed by atoms with Gasteiger partial charge in [-0.25, -0.2) is 13.6 Å². The Morgan fingerprint density at radius 2 is 2.00 bits per heavy atom. The number of hydrogen-bond acceptors (Lipinski definition) is 3. The summed E-state index contributed by atoms with van der Waals surface area (Å²) < 4.78 is 31.6. The second-order valence-electron chi connectivity index (χ2n) is 3.23. The van der Waals surface area contributed by atoms with Crippen LogP contribution in [-0.4, -0.2) is 18.1 Å². The van der Waals surface area contributed by atoms with Crippen LogP contribution in [0.25, 0.3) is 10.9 Å². The molecule has 2 rings (SSSR count). The molecule has 0 aliphatic heterocycles. The van der Waals surface area contributed by atoms with Crippen molar-refractivity contribution in [2.45, 2.75) is 0 Å². The van der Waals surface area contributed by atoms with Gasteiger partial charge < -0.3 is 4.74 Å². The van der Waals surface area contributed by atoms with Crippen molar-refractivity contribution in [2.75, 3.05) is 7.11 Å². The third-order valence-electron chi connectivity index (χ3n) is 2.26. The highest BCUT2D eigenvalue weighted by atomic mass is 79.9. The number of rotatable bonds is 1. The maximum atomic E-state index is 13.6. The number of methoxy groups -OCH3 is 1. The third kappa shape index (κ3) is 1.88. The lowest BCUT2D eigenvalue weighted by Gasteiger charge is -2.06. The van der Waals surface area contributed by atoms with Crippen molar-refractivity contribution in [3.8, 4) is 0 Å². The van der Waals surface area contributed by atoms with Gasteiger partial charge in [-0.05, 0) is 28.1 Å². The zero-order valence-electron chi connectivity index (χ0n) is 8.63. The van der Waals surface area contributed by atoms with Crippen LogP contribution in [-0.2, 0) is 4.74 Å². The highest BCUT2D eigenvalue weighted by Crippen LogP contribution is 2.30. The van der Waals surface area contributed by atoms with Crippen molar-refractivity contribution in [1.29, 1.82) is 0 Å². The van der Waals surface area contributed by atoms with Crippen LogP contribution in [0.1, 0.15) is 10.4 Å². The summed E-state index contributed by atoms with van der Waals surface area (Å²) in [6, 6.07) is 1.96. The number of aromatic nitrogens is 1. The zero-order chi connectivity index (χ0) is 12.6. The first-order chi connectivity index (χ1) is 8.06. The second-order valence-corrected chi connectivity index (χ2v) is 4.02. The molecule has 0 radical (unpaired) electrons. The first kappa shape index (κ1) is 11.9. The lowest BCUT2D eigenvalue weighted by Crippen LogP contribution is -2.04. The molecule has 0 atom stereocenters. The smallest absolute Gasteiger partial charge is 0.340 e. The fourth-order valence-electron chi connectivity index (χ4n) is 1.45. The molecule has 1 heterocycles. The number of esters is 1. The Balaban J connectivity index is 2.84. The molecule has 0 aliphatic rings. The molecule has 2 aromatic rings. The quantitative estimate of drug-likeness (QED) is 0.760. The number of nitrogens with zero attached hydrogens (tertiary/aromatic N) is 1. The van der Waals surface area contributed by atoms with Gasteiger partial charge in [0.25, 0.3) is 0 Å². The zero-order valence-corrected chi connectivity index (χ0v) is 10.2. The maximum absolute atomic E-state index is 13.6. The summed E-state index contributed by atoms with van der Waals surface area (Å²) in [4.78, 5) is 15.1. The van der Waals surface area contributed by atoms with Gasteiger partial charge in [-0.15, -0.1) is 0 Å². The standard InChI is InChI=1S/C11H6BrF2NO2/c1-17-11(16)5-4-15-10-7(14)3-2-6(13)8(10)9(5)12/h2-4H,1H3. The lowest BCUT2D eigenvalue weighted by atomic mass is 10.1. The fraction of sp³-hybridized carbons (Fsp3) is 0.0909. The first-order valence-corrected chi connectivity index (χ1v) is 5.36. The van der Waals surface area contributed by atoms with E-state index in [0.717, 1.165) is 18.3 Å². The average Bonchev–Trinajstić information content (AvgIpc) is 2.33. The minimum atomic E-state index is -0.671. The molecule has 17 heavy (non-hydrogen) atoms. The first-order valence-electron chi connectivity index (χ1n) is 4.56. The molecule has 6 heteroatoms. The Hall–Kier alpha value is -1.56. The molecule has 0 saturated heterocycles. The van der Waals surface area contributed by atoms with Gasteiger partial charge in [0.1, 0.15) is 17.2 Å². The number of carbonyl (C=O) groups excluding carboxylic acids is 1. The normalized spacial score (nSPS) is 10.6. The van der Waals surface area contributed by atoms with Crippen LogP contribution in [0.15, 0.2) is 22.8 Å². The maximum Gasteiger partial charge on any atom is 0.340 e. The molecule has 0 amide bonds. The second kappa shape index (κ2) is 4.37. The number of benzene rings is 1. The number of hydrogen-bond donors (Lipinski definition) is 0. The van der Waals surface area contributed by atoms with Gasteiger partial charge in [-0.2, -0.15) is 0 Å². The van der Waals surface area contributed by atoms with Crippen LogP contribution in [0.4, 0.5) is 8.78 Å². The largest absolute Gasteiger partial charge is 0.465 e. The topological polar surface area (TPSA) is 39.2 Å². The van der Waals surface area contributed by atoms with E-state index in [2.05, 4.69) is 25.7 Å². The van der Waals surface area contributed by atoms with E-state index in [1.807, 2.05) is 0 Å².